The Morgan fingerprint density at radius 2 is 1.56 bits per heavy atom. The predicted octanol–water partition coefficient (Wildman–Crippen LogP) is 4.15. The topological polar surface area (TPSA) is 84.5 Å². The van der Waals surface area contributed by atoms with Crippen LogP contribution in [0, 0.1) is 5.41 Å². The summed E-state index contributed by atoms with van der Waals surface area (Å²) in [5, 5.41) is 5.80. The number of hydrogen-bond donors (Lipinski definition) is 2. The number of ether oxygens (including phenoxy) is 1. The number of Topliss-reactive ketones (excluding diaryl/α,β-unsaturated/α-hetero) is 1. The number of halogens is 1. The van der Waals surface area contributed by atoms with Gasteiger partial charge in [0.2, 0.25) is 11.8 Å². The number of carbonyl (C=O) groups excluding carboxylic acids is 3. The molecule has 2 rings (SSSR count). The number of ketones is 1. The molecule has 0 aliphatic carbocycles. The highest BCUT2D eigenvalue weighted by Gasteiger charge is 2.36. The Bertz CT molecular complexity index is 876. The van der Waals surface area contributed by atoms with Crippen molar-refractivity contribution in [3.8, 4) is 5.75 Å². The standard InChI is InChI=1S/C20H21ClN2O4/c1-12(24)13-5-8-15(9-6-13)22-18(25)20(2,3)19(26)23-16-11-14(21)7-10-17(16)27-4/h5-11H,1-4H3,(H,22,25)(H,23,26). The number of hydrogen-bond acceptors (Lipinski definition) is 4. The molecule has 0 aromatic heterocycles. The average molecular weight is 389 g/mol. The van der Waals surface area contributed by atoms with E-state index in [9.17, 15) is 14.4 Å². The van der Waals surface area contributed by atoms with Gasteiger partial charge in [0.25, 0.3) is 0 Å². The van der Waals surface area contributed by atoms with Gasteiger partial charge in [-0.15, -0.1) is 0 Å². The van der Waals surface area contributed by atoms with Gasteiger partial charge >= 0.3 is 0 Å². The summed E-state index contributed by atoms with van der Waals surface area (Å²) in [6.07, 6.45) is 0. The summed E-state index contributed by atoms with van der Waals surface area (Å²) in [4.78, 5) is 36.6. The zero-order chi connectivity index (χ0) is 20.2. The van der Waals surface area contributed by atoms with Crippen LogP contribution < -0.4 is 15.4 Å². The van der Waals surface area contributed by atoms with Crippen molar-refractivity contribution < 1.29 is 19.1 Å². The fourth-order valence-corrected chi connectivity index (χ4v) is 2.41. The smallest absolute Gasteiger partial charge is 0.239 e. The van der Waals surface area contributed by atoms with Crippen molar-refractivity contribution in [1.29, 1.82) is 0 Å². The lowest BCUT2D eigenvalue weighted by atomic mass is 9.90. The Morgan fingerprint density at radius 1 is 0.963 bits per heavy atom. The lowest BCUT2D eigenvalue weighted by Gasteiger charge is -2.23. The van der Waals surface area contributed by atoms with Crippen molar-refractivity contribution in [2.45, 2.75) is 20.8 Å². The van der Waals surface area contributed by atoms with Crippen LogP contribution in [-0.4, -0.2) is 24.7 Å². The second-order valence-corrected chi connectivity index (χ2v) is 6.95. The fraction of sp³-hybridized carbons (Fsp3) is 0.250. The molecule has 0 heterocycles. The Kier molecular flexibility index (Phi) is 6.23. The van der Waals surface area contributed by atoms with Gasteiger partial charge in [-0.1, -0.05) is 11.6 Å². The minimum atomic E-state index is -1.37. The highest BCUT2D eigenvalue weighted by atomic mass is 35.5. The van der Waals surface area contributed by atoms with Crippen LogP contribution in [0.2, 0.25) is 5.02 Å². The highest BCUT2D eigenvalue weighted by Crippen LogP contribution is 2.30. The molecular formula is C20H21ClN2O4. The van der Waals surface area contributed by atoms with E-state index in [1.165, 1.54) is 27.9 Å². The SMILES string of the molecule is COc1ccc(Cl)cc1NC(=O)C(C)(C)C(=O)Nc1ccc(C(C)=O)cc1. The van der Waals surface area contributed by atoms with Gasteiger partial charge in [-0.2, -0.15) is 0 Å². The minimum Gasteiger partial charge on any atom is -0.495 e. The first kappa shape index (κ1) is 20.5. The molecule has 0 aliphatic heterocycles. The molecule has 2 aromatic carbocycles. The van der Waals surface area contributed by atoms with E-state index in [0.29, 0.717) is 27.7 Å². The maximum atomic E-state index is 12.7. The molecule has 0 saturated carbocycles. The molecule has 0 unspecified atom stereocenters. The highest BCUT2D eigenvalue weighted by molar-refractivity contribution is 6.31. The van der Waals surface area contributed by atoms with Crippen molar-refractivity contribution in [1.82, 2.24) is 0 Å². The molecular weight excluding hydrogens is 368 g/mol. The van der Waals surface area contributed by atoms with Crippen molar-refractivity contribution in [2.75, 3.05) is 17.7 Å². The number of nitrogens with one attached hydrogen (secondary N) is 2. The van der Waals surface area contributed by atoms with Crippen LogP contribution in [0.5, 0.6) is 5.75 Å². The molecule has 142 valence electrons. The lowest BCUT2D eigenvalue weighted by molar-refractivity contribution is -0.135. The fourth-order valence-electron chi connectivity index (χ4n) is 2.24. The van der Waals surface area contributed by atoms with Crippen molar-refractivity contribution >= 4 is 40.6 Å². The molecule has 0 spiro atoms. The molecule has 27 heavy (non-hydrogen) atoms. The lowest BCUT2D eigenvalue weighted by Crippen LogP contribution is -2.41. The summed E-state index contributed by atoms with van der Waals surface area (Å²) in [5.41, 5.74) is 0.0398. The van der Waals surface area contributed by atoms with Gasteiger partial charge in [0.05, 0.1) is 12.8 Å². The maximum Gasteiger partial charge on any atom is 0.239 e. The number of benzene rings is 2. The third-order valence-electron chi connectivity index (χ3n) is 4.09. The molecule has 0 atom stereocenters. The first-order chi connectivity index (χ1) is 12.6. The van der Waals surface area contributed by atoms with Crippen molar-refractivity contribution in [3.05, 3.63) is 53.1 Å². The Hall–Kier alpha value is -2.86. The van der Waals surface area contributed by atoms with E-state index < -0.39 is 17.2 Å². The van der Waals surface area contributed by atoms with E-state index in [1.54, 1.807) is 42.5 Å². The average Bonchev–Trinajstić information content (AvgIpc) is 2.62. The molecule has 6 nitrogen and oxygen atoms in total. The van der Waals surface area contributed by atoms with E-state index in [2.05, 4.69) is 10.6 Å². The normalized spacial score (nSPS) is 10.9. The maximum absolute atomic E-state index is 12.7. The summed E-state index contributed by atoms with van der Waals surface area (Å²) in [5.74, 6) is -0.635. The van der Waals surface area contributed by atoms with E-state index >= 15 is 0 Å². The van der Waals surface area contributed by atoms with Gasteiger partial charge in [-0.05, 0) is 63.2 Å². The van der Waals surface area contributed by atoms with Crippen LogP contribution in [0.4, 0.5) is 11.4 Å². The number of rotatable bonds is 6. The second kappa shape index (κ2) is 8.22. The Balaban J connectivity index is 2.14. The molecule has 0 fully saturated rings. The second-order valence-electron chi connectivity index (χ2n) is 6.51. The summed E-state index contributed by atoms with van der Waals surface area (Å²) in [7, 11) is 1.47. The molecule has 2 aromatic rings. The third-order valence-corrected chi connectivity index (χ3v) is 4.33. The Labute approximate surface area is 162 Å². The molecule has 0 radical (unpaired) electrons. The summed E-state index contributed by atoms with van der Waals surface area (Å²) in [6, 6.07) is 11.3. The summed E-state index contributed by atoms with van der Waals surface area (Å²) in [6.45, 7) is 4.49. The van der Waals surface area contributed by atoms with Crippen LogP contribution in [-0.2, 0) is 9.59 Å². The number of anilines is 2. The Morgan fingerprint density at radius 3 is 2.11 bits per heavy atom. The molecule has 2 amide bonds. The quantitative estimate of drug-likeness (QED) is 0.575. The van der Waals surface area contributed by atoms with E-state index in [1.807, 2.05) is 0 Å². The van der Waals surface area contributed by atoms with Crippen LogP contribution in [0.3, 0.4) is 0 Å². The molecule has 0 saturated heterocycles. The molecule has 0 aliphatic rings. The van der Waals surface area contributed by atoms with Crippen LogP contribution in [0.1, 0.15) is 31.1 Å². The van der Waals surface area contributed by atoms with Crippen LogP contribution in [0.25, 0.3) is 0 Å². The van der Waals surface area contributed by atoms with Crippen LogP contribution in [0.15, 0.2) is 42.5 Å². The zero-order valence-electron chi connectivity index (χ0n) is 15.6. The summed E-state index contributed by atoms with van der Waals surface area (Å²) >= 11 is 5.97. The first-order valence-corrected chi connectivity index (χ1v) is 8.60. The predicted molar refractivity (Wildman–Crippen MR) is 105 cm³/mol. The van der Waals surface area contributed by atoms with Gasteiger partial charge in [0.1, 0.15) is 11.2 Å². The summed E-state index contributed by atoms with van der Waals surface area (Å²) < 4.78 is 5.20. The first-order valence-electron chi connectivity index (χ1n) is 8.22. The molecule has 7 heteroatoms. The monoisotopic (exact) mass is 388 g/mol. The van der Waals surface area contributed by atoms with E-state index in [0.717, 1.165) is 0 Å². The minimum absolute atomic E-state index is 0.0666. The third kappa shape index (κ3) is 4.86. The molecule has 0 bridgehead atoms. The number of methoxy groups -OCH3 is 1. The van der Waals surface area contributed by atoms with Crippen molar-refractivity contribution in [2.24, 2.45) is 5.41 Å². The van der Waals surface area contributed by atoms with E-state index in [-0.39, 0.29) is 5.78 Å². The van der Waals surface area contributed by atoms with Gasteiger partial charge < -0.3 is 15.4 Å². The van der Waals surface area contributed by atoms with Gasteiger partial charge in [-0.25, -0.2) is 0 Å². The molecule has 2 N–H and O–H groups in total. The van der Waals surface area contributed by atoms with Crippen molar-refractivity contribution in [3.63, 3.8) is 0 Å². The van der Waals surface area contributed by atoms with Gasteiger partial charge in [0.15, 0.2) is 5.78 Å². The number of carbonyl (C=O) groups is 3. The van der Waals surface area contributed by atoms with Gasteiger partial charge in [0, 0.05) is 16.3 Å². The largest absolute Gasteiger partial charge is 0.495 e. The van der Waals surface area contributed by atoms with E-state index in [4.69, 9.17) is 16.3 Å². The zero-order valence-corrected chi connectivity index (χ0v) is 16.3. The van der Waals surface area contributed by atoms with Gasteiger partial charge in [-0.3, -0.25) is 14.4 Å². The van der Waals surface area contributed by atoms with Crippen LogP contribution >= 0.6 is 11.6 Å². The number of amides is 2.